The molecule has 0 fully saturated rings. The maximum absolute atomic E-state index is 11.9. The average Bonchev–Trinajstić information content (AvgIpc) is 2.77. The zero-order valence-corrected chi connectivity index (χ0v) is 17.4. The number of amides is 1. The van der Waals surface area contributed by atoms with E-state index in [0.29, 0.717) is 37.7 Å². The minimum absolute atomic E-state index is 0.303. The number of ether oxygens (including phenoxy) is 2. The Morgan fingerprint density at radius 1 is 1.17 bits per heavy atom. The Labute approximate surface area is 180 Å². The Balaban J connectivity index is 1.42. The second-order valence-corrected chi connectivity index (χ2v) is 7.40. The summed E-state index contributed by atoms with van der Waals surface area (Å²) in [5, 5.41) is 0.697. The molecule has 3 aromatic rings. The molecule has 0 aliphatic carbocycles. The van der Waals surface area contributed by atoms with Crippen molar-refractivity contribution in [3.8, 4) is 17.0 Å². The molecule has 1 amide bonds. The van der Waals surface area contributed by atoms with Gasteiger partial charge in [-0.25, -0.2) is 9.78 Å². The second kappa shape index (κ2) is 9.13. The molecule has 1 aromatic heterocycles. The SMILES string of the molecule is CCOC(=O)N1CCc2nc(-c3ccc(OCc4cccc(Cl)c4)cc3)cnc2C1. The molecule has 0 unspecified atom stereocenters. The maximum atomic E-state index is 11.9. The van der Waals surface area contributed by atoms with E-state index in [1.807, 2.05) is 48.5 Å². The van der Waals surface area contributed by atoms with Crippen LogP contribution in [0.5, 0.6) is 5.75 Å². The third-order valence-corrected chi connectivity index (χ3v) is 5.10. The van der Waals surface area contributed by atoms with Crippen LogP contribution in [0.2, 0.25) is 5.02 Å². The first kappa shape index (κ1) is 20.2. The van der Waals surface area contributed by atoms with Crippen molar-refractivity contribution in [2.75, 3.05) is 13.2 Å². The van der Waals surface area contributed by atoms with Gasteiger partial charge >= 0.3 is 6.09 Å². The fourth-order valence-corrected chi connectivity index (χ4v) is 3.52. The van der Waals surface area contributed by atoms with Gasteiger partial charge < -0.3 is 14.4 Å². The second-order valence-electron chi connectivity index (χ2n) is 6.96. The maximum Gasteiger partial charge on any atom is 0.410 e. The first-order valence-electron chi connectivity index (χ1n) is 9.86. The predicted molar refractivity (Wildman–Crippen MR) is 114 cm³/mol. The van der Waals surface area contributed by atoms with Gasteiger partial charge in [-0.1, -0.05) is 23.7 Å². The Morgan fingerprint density at radius 2 is 2.00 bits per heavy atom. The van der Waals surface area contributed by atoms with E-state index in [2.05, 4.69) is 4.98 Å². The van der Waals surface area contributed by atoms with Gasteiger partial charge in [0.05, 0.1) is 36.4 Å². The molecular weight excluding hydrogens is 402 g/mol. The van der Waals surface area contributed by atoms with Crippen molar-refractivity contribution in [2.24, 2.45) is 0 Å². The van der Waals surface area contributed by atoms with Crippen LogP contribution in [0.15, 0.2) is 54.7 Å². The van der Waals surface area contributed by atoms with Crippen LogP contribution in [0.1, 0.15) is 23.9 Å². The molecule has 0 radical (unpaired) electrons. The van der Waals surface area contributed by atoms with Gasteiger partial charge in [0.15, 0.2) is 0 Å². The Hall–Kier alpha value is -3.12. The van der Waals surface area contributed by atoms with Crippen molar-refractivity contribution in [3.05, 3.63) is 76.7 Å². The highest BCUT2D eigenvalue weighted by Gasteiger charge is 2.23. The third-order valence-electron chi connectivity index (χ3n) is 4.86. The molecule has 0 saturated heterocycles. The standard InChI is InChI=1S/C23H22ClN3O3/c1-2-29-23(28)27-11-10-20-22(14-27)25-13-21(26-20)17-6-8-19(9-7-17)30-15-16-4-3-5-18(24)12-16/h3-9,12-13H,2,10-11,14-15H2,1H3. The quantitative estimate of drug-likeness (QED) is 0.584. The van der Waals surface area contributed by atoms with E-state index < -0.39 is 0 Å². The molecule has 6 nitrogen and oxygen atoms in total. The van der Waals surface area contributed by atoms with Crippen LogP contribution in [0, 0.1) is 0 Å². The van der Waals surface area contributed by atoms with Gasteiger partial charge in [0.2, 0.25) is 0 Å². The summed E-state index contributed by atoms with van der Waals surface area (Å²) >= 11 is 6.01. The molecule has 4 rings (SSSR count). The van der Waals surface area contributed by atoms with Crippen LogP contribution in [0.3, 0.4) is 0 Å². The number of hydrogen-bond acceptors (Lipinski definition) is 5. The Morgan fingerprint density at radius 3 is 2.77 bits per heavy atom. The molecule has 1 aliphatic rings. The largest absolute Gasteiger partial charge is 0.489 e. The molecule has 0 atom stereocenters. The topological polar surface area (TPSA) is 64.5 Å². The number of rotatable bonds is 5. The highest BCUT2D eigenvalue weighted by molar-refractivity contribution is 6.30. The number of fused-ring (bicyclic) bond motifs is 1. The van der Waals surface area contributed by atoms with Gasteiger partial charge in [-0.2, -0.15) is 0 Å². The minimum Gasteiger partial charge on any atom is -0.489 e. The summed E-state index contributed by atoms with van der Waals surface area (Å²) in [4.78, 5) is 22.9. The summed E-state index contributed by atoms with van der Waals surface area (Å²) < 4.78 is 10.9. The van der Waals surface area contributed by atoms with Crippen molar-refractivity contribution in [1.82, 2.24) is 14.9 Å². The Kier molecular flexibility index (Phi) is 6.14. The predicted octanol–water partition coefficient (Wildman–Crippen LogP) is 4.89. The van der Waals surface area contributed by atoms with E-state index in [4.69, 9.17) is 26.1 Å². The molecule has 1 aliphatic heterocycles. The van der Waals surface area contributed by atoms with E-state index in [9.17, 15) is 4.79 Å². The van der Waals surface area contributed by atoms with E-state index in [-0.39, 0.29) is 6.09 Å². The van der Waals surface area contributed by atoms with Crippen LogP contribution in [0.25, 0.3) is 11.3 Å². The molecule has 0 bridgehead atoms. The fourth-order valence-electron chi connectivity index (χ4n) is 3.31. The van der Waals surface area contributed by atoms with Crippen molar-refractivity contribution in [2.45, 2.75) is 26.5 Å². The smallest absolute Gasteiger partial charge is 0.410 e. The van der Waals surface area contributed by atoms with Gasteiger partial charge in [0, 0.05) is 23.6 Å². The summed E-state index contributed by atoms with van der Waals surface area (Å²) in [7, 11) is 0. The number of hydrogen-bond donors (Lipinski definition) is 0. The van der Waals surface area contributed by atoms with Crippen LogP contribution in [-0.4, -0.2) is 34.1 Å². The van der Waals surface area contributed by atoms with Gasteiger partial charge in [0.25, 0.3) is 0 Å². The summed E-state index contributed by atoms with van der Waals surface area (Å²) in [6, 6.07) is 15.4. The lowest BCUT2D eigenvalue weighted by atomic mass is 10.1. The monoisotopic (exact) mass is 423 g/mol. The number of nitrogens with zero attached hydrogens (tertiary/aromatic N) is 3. The van der Waals surface area contributed by atoms with Crippen molar-refractivity contribution in [1.29, 1.82) is 0 Å². The van der Waals surface area contributed by atoms with E-state index >= 15 is 0 Å². The summed E-state index contributed by atoms with van der Waals surface area (Å²) in [5.41, 5.74) is 4.53. The minimum atomic E-state index is -0.303. The van der Waals surface area contributed by atoms with E-state index in [0.717, 1.165) is 34.0 Å². The number of aromatic nitrogens is 2. The first-order chi connectivity index (χ1) is 14.6. The average molecular weight is 424 g/mol. The number of benzene rings is 2. The zero-order chi connectivity index (χ0) is 20.9. The number of carbonyl (C=O) groups is 1. The van der Waals surface area contributed by atoms with Gasteiger partial charge in [-0.15, -0.1) is 0 Å². The molecule has 0 saturated carbocycles. The lowest BCUT2D eigenvalue weighted by Crippen LogP contribution is -2.37. The van der Waals surface area contributed by atoms with Crippen LogP contribution < -0.4 is 4.74 Å². The molecule has 0 N–H and O–H groups in total. The lowest BCUT2D eigenvalue weighted by Gasteiger charge is -2.26. The van der Waals surface area contributed by atoms with Crippen molar-refractivity contribution >= 4 is 17.7 Å². The molecule has 0 spiro atoms. The molecule has 154 valence electrons. The highest BCUT2D eigenvalue weighted by Crippen LogP contribution is 2.24. The molecular formula is C23H22ClN3O3. The first-order valence-corrected chi connectivity index (χ1v) is 10.2. The van der Waals surface area contributed by atoms with Crippen molar-refractivity contribution < 1.29 is 14.3 Å². The van der Waals surface area contributed by atoms with E-state index in [1.54, 1.807) is 18.0 Å². The molecule has 2 heterocycles. The molecule has 7 heteroatoms. The zero-order valence-electron chi connectivity index (χ0n) is 16.7. The highest BCUT2D eigenvalue weighted by atomic mass is 35.5. The fraction of sp³-hybridized carbons (Fsp3) is 0.261. The van der Waals surface area contributed by atoms with Crippen LogP contribution in [0.4, 0.5) is 4.79 Å². The summed E-state index contributed by atoms with van der Waals surface area (Å²) in [5.74, 6) is 0.773. The third kappa shape index (κ3) is 4.71. The van der Waals surface area contributed by atoms with Gasteiger partial charge in [0.1, 0.15) is 12.4 Å². The Bertz CT molecular complexity index is 1040. The van der Waals surface area contributed by atoms with Crippen molar-refractivity contribution in [3.63, 3.8) is 0 Å². The lowest BCUT2D eigenvalue weighted by molar-refractivity contribution is 0.102. The summed E-state index contributed by atoms with van der Waals surface area (Å²) in [6.45, 7) is 3.63. The normalized spacial score (nSPS) is 12.9. The van der Waals surface area contributed by atoms with E-state index in [1.165, 1.54) is 0 Å². The summed E-state index contributed by atoms with van der Waals surface area (Å²) in [6.07, 6.45) is 2.10. The molecule has 2 aromatic carbocycles. The van der Waals surface area contributed by atoms with Gasteiger partial charge in [-0.05, 0) is 48.9 Å². The number of carbonyl (C=O) groups excluding carboxylic acids is 1. The number of halogens is 1. The molecule has 30 heavy (non-hydrogen) atoms. The van der Waals surface area contributed by atoms with Crippen LogP contribution in [-0.2, 0) is 24.3 Å². The van der Waals surface area contributed by atoms with Gasteiger partial charge in [-0.3, -0.25) is 4.98 Å². The van der Waals surface area contributed by atoms with Crippen LogP contribution >= 0.6 is 11.6 Å².